The quantitative estimate of drug-likeness (QED) is 0.154. The largest absolute Gasteiger partial charge is 0.0720 e. The molecule has 2 heteroatoms. The first-order valence-electron chi connectivity index (χ1n) is 23.3. The summed E-state index contributed by atoms with van der Waals surface area (Å²) in [6.45, 7) is 0. The van der Waals surface area contributed by atoms with Gasteiger partial charge in [0.15, 0.2) is 0 Å². The van der Waals surface area contributed by atoms with E-state index in [2.05, 4.69) is 287 Å². The van der Waals surface area contributed by atoms with E-state index in [4.69, 9.17) is 0 Å². The minimum Gasteiger partial charge on any atom is -0.0622 e. The van der Waals surface area contributed by atoms with Crippen molar-refractivity contribution in [1.29, 1.82) is 0 Å². The van der Waals surface area contributed by atoms with Crippen molar-refractivity contribution in [3.63, 3.8) is 0 Å². The first-order chi connectivity index (χ1) is 33.6. The number of halogens is 2. The standard InChI is InChI=1S/C33H20Br2.C33H22/c34-23-15-17-27-29(19-23)25-13-7-8-14-26(25)31-28-18-16-24(35)20-30(28)33(32(27)31,21-9-3-1-4-10-21)22-11-5-2-6-12-22;1-3-13-23(14-4-1)33(24-15-5-2-6-16-24)30-22-12-11-21-29(30)31-27-19-9-7-17-25(27)26-18-8-10-20-28(26)32(31)33/h1-20H;1-22H. The summed E-state index contributed by atoms with van der Waals surface area (Å²) in [5.41, 5.74) is 15.2. The molecule has 2 aliphatic rings. The molecule has 0 saturated heterocycles. The molecule has 12 aromatic carbocycles. The van der Waals surface area contributed by atoms with Gasteiger partial charge in [0.05, 0.1) is 10.8 Å². The fraction of sp³-hybridized carbons (Fsp3) is 0.0303. The van der Waals surface area contributed by atoms with Gasteiger partial charge in [0.2, 0.25) is 0 Å². The van der Waals surface area contributed by atoms with E-state index in [1.807, 2.05) is 0 Å². The summed E-state index contributed by atoms with van der Waals surface area (Å²) in [5, 5.41) is 10.4. The molecule has 68 heavy (non-hydrogen) atoms. The SMILES string of the molecule is Brc1ccc2c(c1)C(c1ccccc1)(c1ccccc1)c1c-2c2ccccc2c2cc(Br)ccc12.c1ccc(C2(c3ccccc3)c3ccccc3-c3c2c2ccccc2c2ccccc32)cc1. The fourth-order valence-corrected chi connectivity index (χ4v) is 13.0. The van der Waals surface area contributed by atoms with Crippen molar-refractivity contribution in [2.45, 2.75) is 10.8 Å². The normalized spacial score (nSPS) is 13.7. The molecule has 0 nitrogen and oxygen atoms in total. The zero-order valence-electron chi connectivity index (χ0n) is 37.0. The second kappa shape index (κ2) is 16.2. The summed E-state index contributed by atoms with van der Waals surface area (Å²) in [6, 6.07) is 93.3. The van der Waals surface area contributed by atoms with Crippen LogP contribution in [0.25, 0.3) is 65.3 Å². The minimum absolute atomic E-state index is 0.377. The third kappa shape index (κ3) is 5.84. The van der Waals surface area contributed by atoms with Gasteiger partial charge < -0.3 is 0 Å². The van der Waals surface area contributed by atoms with Gasteiger partial charge in [-0.05, 0) is 134 Å². The monoisotopic (exact) mass is 992 g/mol. The maximum Gasteiger partial charge on any atom is 0.0720 e. The number of fused-ring (bicyclic) bond motifs is 16. The molecule has 12 aromatic rings. The molecule has 320 valence electrons. The Balaban J connectivity index is 0.000000135. The van der Waals surface area contributed by atoms with Crippen molar-refractivity contribution in [2.75, 3.05) is 0 Å². The Labute approximate surface area is 413 Å². The van der Waals surface area contributed by atoms with E-state index in [1.54, 1.807) is 0 Å². The Bertz CT molecular complexity index is 3840. The van der Waals surface area contributed by atoms with Gasteiger partial charge in [-0.15, -0.1) is 0 Å². The van der Waals surface area contributed by atoms with Crippen LogP contribution in [0.2, 0.25) is 0 Å². The van der Waals surface area contributed by atoms with E-state index < -0.39 is 5.41 Å². The summed E-state index contributed by atoms with van der Waals surface area (Å²) < 4.78 is 2.19. The summed E-state index contributed by atoms with van der Waals surface area (Å²) in [5.74, 6) is 0. The zero-order chi connectivity index (χ0) is 45.4. The smallest absolute Gasteiger partial charge is 0.0622 e. The average Bonchev–Trinajstić information content (AvgIpc) is 3.90. The molecular weight excluding hydrogens is 953 g/mol. The zero-order valence-corrected chi connectivity index (χ0v) is 40.2. The van der Waals surface area contributed by atoms with Crippen LogP contribution in [0, 0.1) is 0 Å². The molecule has 0 radical (unpaired) electrons. The van der Waals surface area contributed by atoms with Gasteiger partial charge in [0.25, 0.3) is 0 Å². The molecule has 2 aliphatic carbocycles. The topological polar surface area (TPSA) is 0 Å². The van der Waals surface area contributed by atoms with Gasteiger partial charge in [-0.3, -0.25) is 0 Å². The Morgan fingerprint density at radius 1 is 0.235 bits per heavy atom. The van der Waals surface area contributed by atoms with Gasteiger partial charge >= 0.3 is 0 Å². The van der Waals surface area contributed by atoms with Gasteiger partial charge in [-0.1, -0.05) is 262 Å². The van der Waals surface area contributed by atoms with Crippen molar-refractivity contribution in [2.24, 2.45) is 0 Å². The second-order valence-electron chi connectivity index (χ2n) is 18.0. The van der Waals surface area contributed by atoms with E-state index in [9.17, 15) is 0 Å². The first-order valence-corrected chi connectivity index (χ1v) is 24.9. The van der Waals surface area contributed by atoms with Crippen molar-refractivity contribution in [1.82, 2.24) is 0 Å². The molecule has 0 amide bonds. The molecule has 0 bridgehead atoms. The third-order valence-corrected chi connectivity index (χ3v) is 15.7. The second-order valence-corrected chi connectivity index (χ2v) is 19.9. The highest BCUT2D eigenvalue weighted by atomic mass is 79.9. The first kappa shape index (κ1) is 40.9. The molecule has 0 aliphatic heterocycles. The van der Waals surface area contributed by atoms with E-state index in [0.29, 0.717) is 0 Å². The molecule has 0 aromatic heterocycles. The summed E-state index contributed by atoms with van der Waals surface area (Å²) >= 11 is 7.56. The highest BCUT2D eigenvalue weighted by Crippen LogP contribution is 2.62. The highest BCUT2D eigenvalue weighted by molar-refractivity contribution is 9.10. The Morgan fingerprint density at radius 3 is 1.09 bits per heavy atom. The van der Waals surface area contributed by atoms with Crippen molar-refractivity contribution < 1.29 is 0 Å². The lowest BCUT2D eigenvalue weighted by atomic mass is 9.66. The molecule has 0 unspecified atom stereocenters. The summed E-state index contributed by atoms with van der Waals surface area (Å²) in [7, 11) is 0. The van der Waals surface area contributed by atoms with E-state index in [1.165, 1.54) is 110 Å². The van der Waals surface area contributed by atoms with Crippen LogP contribution >= 0.6 is 31.9 Å². The molecule has 0 spiro atoms. The van der Waals surface area contributed by atoms with Crippen LogP contribution in [0.4, 0.5) is 0 Å². The lowest BCUT2D eigenvalue weighted by molar-refractivity contribution is 0.775. The van der Waals surface area contributed by atoms with E-state index in [0.717, 1.165) is 8.95 Å². The van der Waals surface area contributed by atoms with Crippen LogP contribution in [0.1, 0.15) is 44.5 Å². The molecule has 0 N–H and O–H groups in total. The van der Waals surface area contributed by atoms with Crippen molar-refractivity contribution in [3.05, 3.63) is 308 Å². The molecule has 0 fully saturated rings. The van der Waals surface area contributed by atoms with Gasteiger partial charge in [0.1, 0.15) is 0 Å². The number of benzene rings is 12. The third-order valence-electron chi connectivity index (χ3n) is 14.8. The van der Waals surface area contributed by atoms with Crippen LogP contribution in [-0.2, 0) is 10.8 Å². The van der Waals surface area contributed by atoms with E-state index in [-0.39, 0.29) is 5.41 Å². The van der Waals surface area contributed by atoms with Crippen LogP contribution < -0.4 is 0 Å². The predicted octanol–water partition coefficient (Wildman–Crippen LogP) is 18.2. The number of hydrogen-bond acceptors (Lipinski definition) is 0. The number of rotatable bonds is 4. The predicted molar refractivity (Wildman–Crippen MR) is 293 cm³/mol. The lowest BCUT2D eigenvalue weighted by Gasteiger charge is -2.35. The molecule has 14 rings (SSSR count). The van der Waals surface area contributed by atoms with Crippen molar-refractivity contribution in [3.8, 4) is 22.3 Å². The van der Waals surface area contributed by atoms with Crippen LogP contribution in [0.3, 0.4) is 0 Å². The minimum atomic E-state index is -0.437. The molecular formula is C66H42Br2. The molecule has 0 saturated carbocycles. The van der Waals surface area contributed by atoms with Crippen LogP contribution in [0.5, 0.6) is 0 Å². The van der Waals surface area contributed by atoms with Gasteiger partial charge in [-0.25, -0.2) is 0 Å². The van der Waals surface area contributed by atoms with E-state index >= 15 is 0 Å². The summed E-state index contributed by atoms with van der Waals surface area (Å²) in [4.78, 5) is 0. The maximum absolute atomic E-state index is 3.81. The van der Waals surface area contributed by atoms with Crippen LogP contribution in [0.15, 0.2) is 264 Å². The maximum atomic E-state index is 3.81. The Morgan fingerprint density at radius 2 is 0.574 bits per heavy atom. The summed E-state index contributed by atoms with van der Waals surface area (Å²) in [6.07, 6.45) is 0. The Hall–Kier alpha value is -7.36. The average molecular weight is 995 g/mol. The number of hydrogen-bond donors (Lipinski definition) is 0. The molecule has 0 heterocycles. The fourth-order valence-electron chi connectivity index (χ4n) is 12.3. The molecule has 0 atom stereocenters. The lowest BCUT2D eigenvalue weighted by Crippen LogP contribution is -2.28. The Kier molecular flexibility index (Phi) is 9.72. The van der Waals surface area contributed by atoms with Gasteiger partial charge in [0, 0.05) is 8.95 Å². The van der Waals surface area contributed by atoms with Crippen molar-refractivity contribution >= 4 is 74.9 Å². The highest BCUT2D eigenvalue weighted by Gasteiger charge is 2.49. The van der Waals surface area contributed by atoms with Gasteiger partial charge in [-0.2, -0.15) is 0 Å². The van der Waals surface area contributed by atoms with Crippen LogP contribution in [-0.4, -0.2) is 0 Å².